The Kier molecular flexibility index (Phi) is 7.17. The molecule has 4 aromatic rings. The number of hydrogen-bond acceptors (Lipinski definition) is 4. The molecule has 1 amide bonds. The number of halogens is 1. The standard InChI is InChI=1S/C26H26FN5O2/c1-17(2)15-28-26(29-24-22-12-11-20(27)14-23(22)31-32-24)30-25(33)19-9-6-10-21(13-19)34-16-18-7-4-3-5-8-18/h3-14,17H,15-16H2,1-2H3,(H3,28,29,30,31,32,33). The minimum atomic E-state index is -0.362. The van der Waals surface area contributed by atoms with Gasteiger partial charge in [-0.1, -0.05) is 50.2 Å². The van der Waals surface area contributed by atoms with Crippen LogP contribution in [0.1, 0.15) is 29.8 Å². The third-order valence-corrected chi connectivity index (χ3v) is 4.95. The second-order valence-corrected chi connectivity index (χ2v) is 8.23. The fourth-order valence-corrected chi connectivity index (χ4v) is 3.23. The van der Waals surface area contributed by atoms with Crippen LogP contribution < -0.4 is 15.4 Å². The largest absolute Gasteiger partial charge is 0.489 e. The van der Waals surface area contributed by atoms with E-state index in [1.165, 1.54) is 12.1 Å². The summed E-state index contributed by atoms with van der Waals surface area (Å²) in [6.45, 7) is 4.97. The molecular formula is C26H26FN5O2. The van der Waals surface area contributed by atoms with Gasteiger partial charge in [0.1, 0.15) is 18.2 Å². The molecule has 0 spiro atoms. The van der Waals surface area contributed by atoms with Crippen LogP contribution in [0.5, 0.6) is 5.75 Å². The van der Waals surface area contributed by atoms with Gasteiger partial charge >= 0.3 is 0 Å². The van der Waals surface area contributed by atoms with E-state index in [1.807, 2.05) is 44.2 Å². The van der Waals surface area contributed by atoms with Crippen molar-refractivity contribution in [2.45, 2.75) is 20.5 Å². The lowest BCUT2D eigenvalue weighted by Crippen LogP contribution is -2.36. The van der Waals surface area contributed by atoms with E-state index < -0.39 is 0 Å². The number of nitrogens with zero attached hydrogens (tertiary/aromatic N) is 2. The van der Waals surface area contributed by atoms with Gasteiger partial charge < -0.3 is 10.1 Å². The number of hydrogen-bond donors (Lipinski definition) is 3. The SMILES string of the molecule is CC(C)CN=C(NC(=O)c1cccc(OCc2ccccc2)c1)Nc1n[nH]c2cc(F)ccc12. The van der Waals surface area contributed by atoms with Crippen molar-refractivity contribution in [3.8, 4) is 5.75 Å². The number of benzene rings is 3. The Balaban J connectivity index is 1.48. The summed E-state index contributed by atoms with van der Waals surface area (Å²) >= 11 is 0. The molecule has 0 fully saturated rings. The van der Waals surface area contributed by atoms with Crippen molar-refractivity contribution in [3.05, 3.63) is 89.7 Å². The second-order valence-electron chi connectivity index (χ2n) is 8.23. The van der Waals surface area contributed by atoms with Crippen molar-refractivity contribution in [2.75, 3.05) is 11.9 Å². The average molecular weight is 460 g/mol. The smallest absolute Gasteiger partial charge is 0.258 e. The fraction of sp³-hybridized carbons (Fsp3) is 0.192. The molecule has 174 valence electrons. The molecule has 4 rings (SSSR count). The number of ether oxygens (including phenoxy) is 1. The zero-order valence-electron chi connectivity index (χ0n) is 19.0. The summed E-state index contributed by atoms with van der Waals surface area (Å²) in [4.78, 5) is 17.5. The third kappa shape index (κ3) is 5.98. The molecule has 0 saturated carbocycles. The van der Waals surface area contributed by atoms with Crippen molar-refractivity contribution < 1.29 is 13.9 Å². The minimum absolute atomic E-state index is 0.257. The molecule has 0 bridgehead atoms. The number of fused-ring (bicyclic) bond motifs is 1. The molecule has 0 aliphatic heterocycles. The quantitative estimate of drug-likeness (QED) is 0.264. The van der Waals surface area contributed by atoms with Crippen LogP contribution in [0, 0.1) is 11.7 Å². The van der Waals surface area contributed by atoms with Crippen LogP contribution >= 0.6 is 0 Å². The highest BCUT2D eigenvalue weighted by atomic mass is 19.1. The van der Waals surface area contributed by atoms with E-state index in [2.05, 4.69) is 25.8 Å². The first-order valence-electron chi connectivity index (χ1n) is 11.0. The summed E-state index contributed by atoms with van der Waals surface area (Å²) < 4.78 is 19.3. The van der Waals surface area contributed by atoms with Gasteiger partial charge in [-0.05, 0) is 47.9 Å². The zero-order valence-corrected chi connectivity index (χ0v) is 19.0. The molecule has 0 unspecified atom stereocenters. The zero-order chi connectivity index (χ0) is 23.9. The predicted molar refractivity (Wildman–Crippen MR) is 131 cm³/mol. The number of guanidine groups is 1. The van der Waals surface area contributed by atoms with Crippen LogP contribution in [-0.2, 0) is 6.61 Å². The number of carbonyl (C=O) groups excluding carboxylic acids is 1. The molecule has 8 heteroatoms. The average Bonchev–Trinajstić information content (AvgIpc) is 3.23. The Morgan fingerprint density at radius 2 is 1.91 bits per heavy atom. The lowest BCUT2D eigenvalue weighted by Gasteiger charge is -2.12. The van der Waals surface area contributed by atoms with Crippen LogP contribution in [0.3, 0.4) is 0 Å². The lowest BCUT2D eigenvalue weighted by atomic mass is 10.2. The van der Waals surface area contributed by atoms with Crippen molar-refractivity contribution >= 4 is 28.6 Å². The molecule has 3 N–H and O–H groups in total. The van der Waals surface area contributed by atoms with Gasteiger partial charge in [-0.2, -0.15) is 5.10 Å². The number of anilines is 1. The third-order valence-electron chi connectivity index (χ3n) is 4.95. The van der Waals surface area contributed by atoms with Gasteiger partial charge in [-0.15, -0.1) is 0 Å². The summed E-state index contributed by atoms with van der Waals surface area (Å²) in [5.41, 5.74) is 2.01. The summed E-state index contributed by atoms with van der Waals surface area (Å²) in [6, 6.07) is 21.1. The van der Waals surface area contributed by atoms with Crippen molar-refractivity contribution in [1.29, 1.82) is 0 Å². The molecular weight excluding hydrogens is 433 g/mol. The monoisotopic (exact) mass is 459 g/mol. The van der Waals surface area contributed by atoms with Crippen molar-refractivity contribution in [3.63, 3.8) is 0 Å². The number of aliphatic imine (C=N–C) groups is 1. The maximum Gasteiger partial charge on any atom is 0.258 e. The molecule has 0 aliphatic rings. The van der Waals surface area contributed by atoms with Crippen molar-refractivity contribution in [2.24, 2.45) is 10.9 Å². The number of amides is 1. The topological polar surface area (TPSA) is 91.4 Å². The van der Waals surface area contributed by atoms with Gasteiger partial charge in [0.15, 0.2) is 5.82 Å². The maximum atomic E-state index is 13.5. The number of H-pyrrole nitrogens is 1. The number of aromatic nitrogens is 2. The Morgan fingerprint density at radius 3 is 2.71 bits per heavy atom. The number of nitrogens with one attached hydrogen (secondary N) is 3. The van der Waals surface area contributed by atoms with Crippen LogP contribution in [0.2, 0.25) is 0 Å². The summed E-state index contributed by atoms with van der Waals surface area (Å²) in [7, 11) is 0. The van der Waals surface area contributed by atoms with Gasteiger partial charge in [-0.25, -0.2) is 4.39 Å². The lowest BCUT2D eigenvalue weighted by molar-refractivity contribution is 0.0976. The number of carbonyl (C=O) groups is 1. The Hall–Kier alpha value is -4.20. The maximum absolute atomic E-state index is 13.5. The molecule has 0 aliphatic carbocycles. The first-order valence-corrected chi connectivity index (χ1v) is 11.0. The van der Waals surface area contributed by atoms with E-state index in [0.717, 1.165) is 5.56 Å². The van der Waals surface area contributed by atoms with Gasteiger partial charge in [0, 0.05) is 17.5 Å². The van der Waals surface area contributed by atoms with Gasteiger partial charge in [0.25, 0.3) is 5.91 Å². The minimum Gasteiger partial charge on any atom is -0.489 e. The van der Waals surface area contributed by atoms with Crippen LogP contribution in [0.4, 0.5) is 10.2 Å². The van der Waals surface area contributed by atoms with Crippen LogP contribution in [0.25, 0.3) is 10.9 Å². The molecule has 34 heavy (non-hydrogen) atoms. The first kappa shape index (κ1) is 23.0. The number of aromatic amines is 1. The van der Waals surface area contributed by atoms with Gasteiger partial charge in [0.2, 0.25) is 5.96 Å². The van der Waals surface area contributed by atoms with Gasteiger partial charge in [-0.3, -0.25) is 20.2 Å². The molecule has 3 aromatic carbocycles. The van der Waals surface area contributed by atoms with E-state index in [-0.39, 0.29) is 23.6 Å². The normalized spacial score (nSPS) is 11.6. The highest BCUT2D eigenvalue weighted by Crippen LogP contribution is 2.21. The first-order chi connectivity index (χ1) is 16.5. The Morgan fingerprint density at radius 1 is 1.09 bits per heavy atom. The molecule has 0 radical (unpaired) electrons. The summed E-state index contributed by atoms with van der Waals surface area (Å²) in [5, 5.41) is 13.5. The molecule has 1 heterocycles. The Labute approximate surface area is 197 Å². The highest BCUT2D eigenvalue weighted by Gasteiger charge is 2.14. The molecule has 0 saturated heterocycles. The fourth-order valence-electron chi connectivity index (χ4n) is 3.23. The number of rotatable bonds is 7. The van der Waals surface area contributed by atoms with E-state index in [1.54, 1.807) is 30.3 Å². The van der Waals surface area contributed by atoms with E-state index in [0.29, 0.717) is 41.2 Å². The highest BCUT2D eigenvalue weighted by molar-refractivity contribution is 6.11. The molecule has 1 aromatic heterocycles. The van der Waals surface area contributed by atoms with E-state index in [9.17, 15) is 9.18 Å². The molecule has 0 atom stereocenters. The predicted octanol–water partition coefficient (Wildman–Crippen LogP) is 5.13. The summed E-state index contributed by atoms with van der Waals surface area (Å²) in [6.07, 6.45) is 0. The van der Waals surface area contributed by atoms with Crippen LogP contribution in [-0.4, -0.2) is 28.6 Å². The second kappa shape index (κ2) is 10.6. The van der Waals surface area contributed by atoms with E-state index in [4.69, 9.17) is 4.74 Å². The molecule has 7 nitrogen and oxygen atoms in total. The van der Waals surface area contributed by atoms with E-state index >= 15 is 0 Å². The summed E-state index contributed by atoms with van der Waals surface area (Å²) in [5.74, 6) is 0.869. The van der Waals surface area contributed by atoms with Gasteiger partial charge in [0.05, 0.1) is 5.52 Å². The van der Waals surface area contributed by atoms with Crippen LogP contribution in [0.15, 0.2) is 77.8 Å². The van der Waals surface area contributed by atoms with Crippen molar-refractivity contribution in [1.82, 2.24) is 15.5 Å². The Bertz CT molecular complexity index is 1300.